The monoisotopic (exact) mass is 300 g/mol. The first-order valence-electron chi connectivity index (χ1n) is 9.43. The Morgan fingerprint density at radius 1 is 0.667 bits per heavy atom. The van der Waals surface area contributed by atoms with E-state index in [2.05, 4.69) is 6.92 Å². The van der Waals surface area contributed by atoms with Crippen molar-refractivity contribution in [1.82, 2.24) is 0 Å². The highest BCUT2D eigenvalue weighted by atomic mass is 19.2. The number of hydrogen-bond acceptors (Lipinski definition) is 0. The van der Waals surface area contributed by atoms with E-state index in [9.17, 15) is 8.78 Å². The zero-order valence-corrected chi connectivity index (χ0v) is 14.0. The fourth-order valence-electron chi connectivity index (χ4n) is 4.67. The molecule has 2 rings (SSSR count). The van der Waals surface area contributed by atoms with Gasteiger partial charge in [0.25, 0.3) is 0 Å². The van der Waals surface area contributed by atoms with Crippen molar-refractivity contribution in [2.75, 3.05) is 0 Å². The maximum atomic E-state index is 14.2. The maximum absolute atomic E-state index is 14.2. The Balaban J connectivity index is 1.69. The van der Waals surface area contributed by atoms with Crippen molar-refractivity contribution < 1.29 is 8.78 Å². The second-order valence-corrected chi connectivity index (χ2v) is 7.65. The molecule has 124 valence electrons. The Bertz CT molecular complexity index is 283. The van der Waals surface area contributed by atoms with Crippen LogP contribution in [0.25, 0.3) is 0 Å². The predicted octanol–water partition coefficient (Wildman–Crippen LogP) is 6.49. The van der Waals surface area contributed by atoms with Gasteiger partial charge in [-0.25, -0.2) is 8.78 Å². The van der Waals surface area contributed by atoms with Crippen molar-refractivity contribution in [3.63, 3.8) is 0 Å². The topological polar surface area (TPSA) is 0 Å². The molecule has 0 aromatic rings. The van der Waals surface area contributed by atoms with Gasteiger partial charge in [0, 0.05) is 0 Å². The van der Waals surface area contributed by atoms with Gasteiger partial charge in [0.05, 0.1) is 0 Å². The average Bonchev–Trinajstić information content (AvgIpc) is 2.50. The largest absolute Gasteiger partial charge is 0.244 e. The number of hydrogen-bond donors (Lipinski definition) is 0. The minimum absolute atomic E-state index is 0.00355. The van der Waals surface area contributed by atoms with Gasteiger partial charge in [0.2, 0.25) is 0 Å². The van der Waals surface area contributed by atoms with E-state index in [1.54, 1.807) is 0 Å². The predicted molar refractivity (Wildman–Crippen MR) is 85.9 cm³/mol. The van der Waals surface area contributed by atoms with Crippen LogP contribution in [0, 0.1) is 23.7 Å². The Morgan fingerprint density at radius 3 is 1.76 bits per heavy atom. The number of halogens is 2. The van der Waals surface area contributed by atoms with Crippen molar-refractivity contribution in [3.8, 4) is 0 Å². The molecule has 2 saturated carbocycles. The SMILES string of the molecule is CCCC1CCC(CCC2CCC(CC)C(F)C2F)CC1. The fraction of sp³-hybridized carbons (Fsp3) is 1.00. The van der Waals surface area contributed by atoms with Crippen LogP contribution in [0.3, 0.4) is 0 Å². The van der Waals surface area contributed by atoms with E-state index in [0.29, 0.717) is 0 Å². The molecule has 2 fully saturated rings. The van der Waals surface area contributed by atoms with Gasteiger partial charge in [-0.3, -0.25) is 0 Å². The van der Waals surface area contributed by atoms with Gasteiger partial charge in [-0.1, -0.05) is 65.2 Å². The van der Waals surface area contributed by atoms with E-state index in [0.717, 1.165) is 43.9 Å². The molecule has 0 amide bonds. The van der Waals surface area contributed by atoms with Crippen molar-refractivity contribution >= 4 is 0 Å². The van der Waals surface area contributed by atoms with Crippen molar-refractivity contribution in [3.05, 3.63) is 0 Å². The lowest BCUT2D eigenvalue weighted by Crippen LogP contribution is -2.38. The van der Waals surface area contributed by atoms with E-state index in [-0.39, 0.29) is 11.8 Å². The van der Waals surface area contributed by atoms with Gasteiger partial charge in [0.15, 0.2) is 0 Å². The van der Waals surface area contributed by atoms with Crippen LogP contribution in [-0.4, -0.2) is 12.3 Å². The molecule has 2 aliphatic carbocycles. The molecule has 2 heteroatoms. The third-order valence-electron chi connectivity index (χ3n) is 6.25. The summed E-state index contributed by atoms with van der Waals surface area (Å²) in [7, 11) is 0. The van der Waals surface area contributed by atoms with Gasteiger partial charge in [-0.05, 0) is 42.9 Å². The normalized spacial score (nSPS) is 41.1. The summed E-state index contributed by atoms with van der Waals surface area (Å²) in [5.41, 5.74) is 0. The third kappa shape index (κ3) is 4.66. The smallest absolute Gasteiger partial charge is 0.134 e. The lowest BCUT2D eigenvalue weighted by atomic mass is 9.73. The molecule has 0 aromatic heterocycles. The van der Waals surface area contributed by atoms with Gasteiger partial charge in [0.1, 0.15) is 12.3 Å². The molecule has 4 atom stereocenters. The summed E-state index contributed by atoms with van der Waals surface area (Å²) in [6, 6.07) is 0. The molecule has 0 N–H and O–H groups in total. The van der Waals surface area contributed by atoms with Crippen LogP contribution in [-0.2, 0) is 0 Å². The molecule has 0 saturated heterocycles. The second kappa shape index (κ2) is 8.48. The van der Waals surface area contributed by atoms with Crippen LogP contribution >= 0.6 is 0 Å². The Hall–Kier alpha value is -0.140. The summed E-state index contributed by atoms with van der Waals surface area (Å²) >= 11 is 0. The van der Waals surface area contributed by atoms with Crippen LogP contribution in [0.4, 0.5) is 8.78 Å². The van der Waals surface area contributed by atoms with Crippen molar-refractivity contribution in [2.24, 2.45) is 23.7 Å². The van der Waals surface area contributed by atoms with Crippen LogP contribution in [0.1, 0.15) is 84.5 Å². The lowest BCUT2D eigenvalue weighted by molar-refractivity contribution is 0.0152. The van der Waals surface area contributed by atoms with Crippen LogP contribution in [0.2, 0.25) is 0 Å². The minimum atomic E-state index is -1.20. The Morgan fingerprint density at radius 2 is 1.19 bits per heavy atom. The Kier molecular flexibility index (Phi) is 6.95. The molecule has 4 unspecified atom stereocenters. The molecule has 0 aliphatic heterocycles. The third-order valence-corrected chi connectivity index (χ3v) is 6.25. The summed E-state index contributed by atoms with van der Waals surface area (Å²) in [4.78, 5) is 0. The van der Waals surface area contributed by atoms with E-state index in [1.165, 1.54) is 38.5 Å². The van der Waals surface area contributed by atoms with Crippen LogP contribution < -0.4 is 0 Å². The zero-order chi connectivity index (χ0) is 15.2. The Labute approximate surface area is 130 Å². The van der Waals surface area contributed by atoms with Crippen molar-refractivity contribution in [2.45, 2.75) is 96.8 Å². The molecule has 21 heavy (non-hydrogen) atoms. The van der Waals surface area contributed by atoms with Crippen LogP contribution in [0.15, 0.2) is 0 Å². The first kappa shape index (κ1) is 17.2. The quantitative estimate of drug-likeness (QED) is 0.526. The second-order valence-electron chi connectivity index (χ2n) is 7.65. The highest BCUT2D eigenvalue weighted by molar-refractivity contribution is 4.88. The van der Waals surface area contributed by atoms with E-state index in [4.69, 9.17) is 0 Å². The maximum Gasteiger partial charge on any atom is 0.134 e. The molecule has 0 spiro atoms. The van der Waals surface area contributed by atoms with Crippen LogP contribution in [0.5, 0.6) is 0 Å². The van der Waals surface area contributed by atoms with E-state index < -0.39 is 12.3 Å². The molecule has 0 bridgehead atoms. The molecular weight excluding hydrogens is 266 g/mol. The molecule has 0 nitrogen and oxygen atoms in total. The molecule has 2 aliphatic rings. The average molecular weight is 300 g/mol. The minimum Gasteiger partial charge on any atom is -0.244 e. The van der Waals surface area contributed by atoms with E-state index >= 15 is 0 Å². The summed E-state index contributed by atoms with van der Waals surface area (Å²) in [6.45, 7) is 4.26. The lowest BCUT2D eigenvalue weighted by Gasteiger charge is -2.36. The zero-order valence-electron chi connectivity index (χ0n) is 14.0. The summed E-state index contributed by atoms with van der Waals surface area (Å²) in [5.74, 6) is 1.69. The summed E-state index contributed by atoms with van der Waals surface area (Å²) < 4.78 is 28.2. The van der Waals surface area contributed by atoms with E-state index in [1.807, 2.05) is 6.92 Å². The molecule has 0 heterocycles. The molecule has 0 aromatic carbocycles. The summed E-state index contributed by atoms with van der Waals surface area (Å²) in [6.07, 6.45) is 10.3. The fourth-order valence-corrected chi connectivity index (χ4v) is 4.67. The van der Waals surface area contributed by atoms with Gasteiger partial charge >= 0.3 is 0 Å². The highest BCUT2D eigenvalue weighted by Crippen LogP contribution is 2.40. The number of rotatable bonds is 6. The first-order chi connectivity index (χ1) is 10.2. The van der Waals surface area contributed by atoms with Gasteiger partial charge in [-0.2, -0.15) is 0 Å². The van der Waals surface area contributed by atoms with Gasteiger partial charge < -0.3 is 0 Å². The van der Waals surface area contributed by atoms with Gasteiger partial charge in [-0.15, -0.1) is 0 Å². The number of alkyl halides is 2. The summed E-state index contributed by atoms with van der Waals surface area (Å²) in [5, 5.41) is 0. The highest BCUT2D eigenvalue weighted by Gasteiger charge is 2.39. The molecule has 0 radical (unpaired) electrons. The van der Waals surface area contributed by atoms with Crippen molar-refractivity contribution in [1.29, 1.82) is 0 Å². The first-order valence-corrected chi connectivity index (χ1v) is 9.43. The molecular formula is C19H34F2. The standard InChI is InChI=1S/C19H34F2/c1-3-5-14-6-8-15(9-7-14)10-11-17-13-12-16(4-2)18(20)19(17)21/h14-19H,3-13H2,1-2H3.